The molecule has 1 aromatic rings. The molecule has 0 N–H and O–H groups in total. The van der Waals surface area contributed by atoms with Crippen LogP contribution >= 0.6 is 11.6 Å². The first-order valence-corrected chi connectivity index (χ1v) is 9.08. The molecule has 1 aliphatic rings. The highest BCUT2D eigenvalue weighted by molar-refractivity contribution is 7.86. The molecule has 10 heteroatoms. The maximum atomic E-state index is 12.0. The van der Waals surface area contributed by atoms with Crippen molar-refractivity contribution in [3.8, 4) is 0 Å². The lowest BCUT2D eigenvalue weighted by Crippen LogP contribution is -2.33. The summed E-state index contributed by atoms with van der Waals surface area (Å²) >= 11 is 5.77. The second-order valence-corrected chi connectivity index (χ2v) is 7.38. The third-order valence-corrected chi connectivity index (χ3v) is 4.60. The lowest BCUT2D eigenvalue weighted by atomic mass is 9.74. The molecule has 0 aromatic carbocycles. The summed E-state index contributed by atoms with van der Waals surface area (Å²) in [6.45, 7) is 0. The third kappa shape index (κ3) is 4.90. The zero-order chi connectivity index (χ0) is 17.0. The predicted octanol–water partition coefficient (Wildman–Crippen LogP) is 2.80. The fraction of sp³-hybridized carbons (Fsp3) is 0.538. The minimum atomic E-state index is -3.59. The number of aromatic nitrogens is 1. The second kappa shape index (κ2) is 7.27. The Hall–Kier alpha value is -1.67. The minimum absolute atomic E-state index is 0.311. The summed E-state index contributed by atoms with van der Waals surface area (Å²) in [5.74, 6) is -1.45. The lowest BCUT2D eigenvalue weighted by molar-refractivity contribution is -0.123. The molecule has 124 valence electrons. The Morgan fingerprint density at radius 2 is 2.22 bits per heavy atom. The fourth-order valence-electron chi connectivity index (χ4n) is 2.86. The van der Waals surface area contributed by atoms with Crippen molar-refractivity contribution in [2.24, 2.45) is 11.0 Å². The Kier molecular flexibility index (Phi) is 5.59. The number of hydrogen-bond acceptors (Lipinski definition) is 5. The normalized spacial score (nSPS) is 24.7. The Bertz CT molecular complexity index is 731. The summed E-state index contributed by atoms with van der Waals surface area (Å²) < 4.78 is 27.7. The number of halogens is 1. The van der Waals surface area contributed by atoms with Gasteiger partial charge in [-0.15, -0.1) is 0 Å². The van der Waals surface area contributed by atoms with Gasteiger partial charge in [0.2, 0.25) is 5.91 Å². The van der Waals surface area contributed by atoms with Crippen LogP contribution in [0.3, 0.4) is 0 Å². The summed E-state index contributed by atoms with van der Waals surface area (Å²) in [4.78, 5) is 18.5. The predicted molar refractivity (Wildman–Crippen MR) is 83.2 cm³/mol. The van der Waals surface area contributed by atoms with Crippen molar-refractivity contribution in [3.63, 3.8) is 0 Å². The molecule has 0 aliphatic heterocycles. The Morgan fingerprint density at radius 3 is 2.78 bits per heavy atom. The summed E-state index contributed by atoms with van der Waals surface area (Å²) in [6.07, 6.45) is 3.07. The number of amides is 1. The van der Waals surface area contributed by atoms with Crippen LogP contribution in [0.2, 0.25) is 5.15 Å². The van der Waals surface area contributed by atoms with Gasteiger partial charge in [0.1, 0.15) is 5.15 Å². The molecule has 1 aliphatic carbocycles. The van der Waals surface area contributed by atoms with Crippen molar-refractivity contribution in [3.05, 3.63) is 39.5 Å². The Morgan fingerprint density at radius 1 is 1.48 bits per heavy atom. The number of nitrogens with zero attached hydrogens (tertiary/aromatic N) is 4. The van der Waals surface area contributed by atoms with E-state index in [4.69, 9.17) is 21.3 Å². The van der Waals surface area contributed by atoms with Crippen LogP contribution in [0.25, 0.3) is 10.4 Å². The number of hydrogen-bond donors (Lipinski definition) is 0. The average Bonchev–Trinajstić information content (AvgIpc) is 2.46. The maximum absolute atomic E-state index is 12.0. The standard InChI is InChI=1S/C13H15ClN4O4S/c1-23(20,21)22-9-3-4-10(13(19)17-18-15)11(6-9)8-2-5-12(14)16-7-8/h2,5,7,9-11H,3-4,6H2,1H3/t9-,10-,11-/m1/s1. The van der Waals surface area contributed by atoms with Gasteiger partial charge in [0.05, 0.1) is 12.4 Å². The van der Waals surface area contributed by atoms with E-state index >= 15 is 0 Å². The zero-order valence-corrected chi connectivity index (χ0v) is 13.9. The monoisotopic (exact) mass is 358 g/mol. The van der Waals surface area contributed by atoms with Gasteiger partial charge in [0, 0.05) is 17.0 Å². The number of azide groups is 1. The van der Waals surface area contributed by atoms with Crippen LogP contribution in [0, 0.1) is 5.92 Å². The van der Waals surface area contributed by atoms with Gasteiger partial charge in [-0.2, -0.15) is 8.42 Å². The molecule has 0 radical (unpaired) electrons. The van der Waals surface area contributed by atoms with Gasteiger partial charge in [-0.1, -0.05) is 17.7 Å². The number of pyridine rings is 1. The van der Waals surface area contributed by atoms with Crippen molar-refractivity contribution in [1.82, 2.24) is 4.98 Å². The molecular weight excluding hydrogens is 344 g/mol. The van der Waals surface area contributed by atoms with Gasteiger partial charge in [-0.05, 0) is 47.5 Å². The fourth-order valence-corrected chi connectivity index (χ4v) is 3.64. The van der Waals surface area contributed by atoms with E-state index in [-0.39, 0.29) is 5.92 Å². The molecule has 1 heterocycles. The van der Waals surface area contributed by atoms with Crippen molar-refractivity contribution in [2.45, 2.75) is 31.3 Å². The molecule has 0 unspecified atom stereocenters. The summed E-state index contributed by atoms with van der Waals surface area (Å²) in [6, 6.07) is 3.31. The highest BCUT2D eigenvalue weighted by Crippen LogP contribution is 2.40. The van der Waals surface area contributed by atoms with Gasteiger partial charge in [-0.3, -0.25) is 8.98 Å². The van der Waals surface area contributed by atoms with Gasteiger partial charge >= 0.3 is 0 Å². The minimum Gasteiger partial charge on any atom is -0.292 e. The molecule has 3 atom stereocenters. The largest absolute Gasteiger partial charge is 0.292 e. The molecular formula is C13H15ClN4O4S. The summed E-state index contributed by atoms with van der Waals surface area (Å²) in [5, 5.41) is 3.49. The third-order valence-electron chi connectivity index (χ3n) is 3.75. The topological polar surface area (TPSA) is 122 Å². The van der Waals surface area contributed by atoms with E-state index in [9.17, 15) is 13.2 Å². The van der Waals surface area contributed by atoms with Crippen molar-refractivity contribution < 1.29 is 17.4 Å². The molecule has 1 aromatic heterocycles. The van der Waals surface area contributed by atoms with Crippen LogP contribution in [0.4, 0.5) is 0 Å². The quantitative estimate of drug-likeness (QED) is 0.269. The first-order valence-electron chi connectivity index (χ1n) is 6.89. The first-order chi connectivity index (χ1) is 10.8. The number of carbonyl (C=O) groups excluding carboxylic acids is 1. The van der Waals surface area contributed by atoms with Crippen LogP contribution < -0.4 is 0 Å². The van der Waals surface area contributed by atoms with Gasteiger partial charge in [0.25, 0.3) is 10.1 Å². The molecule has 1 amide bonds. The second-order valence-electron chi connectivity index (χ2n) is 5.39. The van der Waals surface area contributed by atoms with E-state index in [1.54, 1.807) is 12.1 Å². The van der Waals surface area contributed by atoms with E-state index < -0.39 is 28.0 Å². The summed E-state index contributed by atoms with van der Waals surface area (Å²) in [5.41, 5.74) is 9.19. The Balaban J connectivity index is 2.28. The molecule has 2 rings (SSSR count). The average molecular weight is 359 g/mol. The number of carbonyl (C=O) groups is 1. The van der Waals surface area contributed by atoms with Crippen molar-refractivity contribution >= 4 is 27.6 Å². The molecule has 1 saturated carbocycles. The van der Waals surface area contributed by atoms with Gasteiger partial charge in [-0.25, -0.2) is 4.98 Å². The zero-order valence-electron chi connectivity index (χ0n) is 12.3. The summed E-state index contributed by atoms with van der Waals surface area (Å²) in [7, 11) is -3.59. The highest BCUT2D eigenvalue weighted by atomic mass is 35.5. The molecule has 23 heavy (non-hydrogen) atoms. The highest BCUT2D eigenvalue weighted by Gasteiger charge is 2.37. The number of rotatable bonds is 4. The van der Waals surface area contributed by atoms with Crippen LogP contribution in [-0.2, 0) is 19.1 Å². The van der Waals surface area contributed by atoms with Crippen LogP contribution in [-0.4, -0.2) is 31.7 Å². The van der Waals surface area contributed by atoms with E-state index in [0.29, 0.717) is 24.4 Å². The smallest absolute Gasteiger partial charge is 0.264 e. The molecule has 8 nitrogen and oxygen atoms in total. The van der Waals surface area contributed by atoms with Crippen molar-refractivity contribution in [1.29, 1.82) is 0 Å². The van der Waals surface area contributed by atoms with E-state index in [1.807, 2.05) is 0 Å². The van der Waals surface area contributed by atoms with Crippen LogP contribution in [0.1, 0.15) is 30.7 Å². The van der Waals surface area contributed by atoms with Crippen LogP contribution in [0.15, 0.2) is 23.4 Å². The van der Waals surface area contributed by atoms with E-state index in [1.165, 1.54) is 6.20 Å². The van der Waals surface area contributed by atoms with E-state index in [0.717, 1.165) is 11.8 Å². The van der Waals surface area contributed by atoms with Crippen LogP contribution in [0.5, 0.6) is 0 Å². The SMILES string of the molecule is CS(=O)(=O)O[C@@H]1CC[C@@H](C(=O)N=[N+]=[N-])[C@@H](c2ccc(Cl)nc2)C1. The van der Waals surface area contributed by atoms with E-state index in [2.05, 4.69) is 15.0 Å². The molecule has 0 spiro atoms. The molecule has 0 bridgehead atoms. The molecule has 0 saturated heterocycles. The van der Waals surface area contributed by atoms with Gasteiger partial charge in [0.15, 0.2) is 0 Å². The Labute approximate surface area is 138 Å². The molecule has 1 fully saturated rings. The van der Waals surface area contributed by atoms with Crippen molar-refractivity contribution in [2.75, 3.05) is 6.26 Å². The first kappa shape index (κ1) is 17.7. The lowest BCUT2D eigenvalue weighted by Gasteiger charge is -2.34. The van der Waals surface area contributed by atoms with Gasteiger partial charge < -0.3 is 0 Å². The maximum Gasteiger partial charge on any atom is 0.264 e.